The molecule has 0 spiro atoms. The molecule has 1 aliphatic rings. The van der Waals surface area contributed by atoms with E-state index in [1.165, 1.54) is 32.1 Å². The van der Waals surface area contributed by atoms with E-state index in [1.807, 2.05) is 19.1 Å². The molecule has 1 aliphatic carbocycles. The highest BCUT2D eigenvalue weighted by atomic mass is 16.5. The Morgan fingerprint density at radius 3 is 2.26 bits per heavy atom. The van der Waals surface area contributed by atoms with Gasteiger partial charge in [0.2, 0.25) is 0 Å². The quantitative estimate of drug-likeness (QED) is 0.884. The van der Waals surface area contributed by atoms with Crippen molar-refractivity contribution in [3.05, 3.63) is 29.8 Å². The molecule has 0 radical (unpaired) electrons. The minimum absolute atomic E-state index is 0. The van der Waals surface area contributed by atoms with Crippen molar-refractivity contribution in [1.82, 2.24) is 0 Å². The van der Waals surface area contributed by atoms with Gasteiger partial charge in [-0.1, -0.05) is 37.0 Å². The number of primary amides is 1. The van der Waals surface area contributed by atoms with Crippen LogP contribution in [0.1, 0.15) is 40.5 Å². The Kier molecular flexibility index (Phi) is 6.97. The van der Waals surface area contributed by atoms with Crippen LogP contribution in [0.2, 0.25) is 0 Å². The van der Waals surface area contributed by atoms with Crippen molar-refractivity contribution in [1.29, 1.82) is 0 Å². The van der Waals surface area contributed by atoms with Crippen LogP contribution in [0.3, 0.4) is 0 Å². The predicted molar refractivity (Wildman–Crippen MR) is 81.2 cm³/mol. The van der Waals surface area contributed by atoms with Crippen molar-refractivity contribution in [3.8, 4) is 5.75 Å². The summed E-state index contributed by atoms with van der Waals surface area (Å²) in [6, 6.07) is 7.97. The van der Waals surface area contributed by atoms with Crippen LogP contribution in [0.25, 0.3) is 0 Å². The van der Waals surface area contributed by atoms with Gasteiger partial charge in [0.1, 0.15) is 5.75 Å². The molecule has 4 heteroatoms. The number of hydrogen-bond donors (Lipinski definition) is 2. The number of aryl methyl sites for hydroxylation is 1. The zero-order valence-corrected chi connectivity index (χ0v) is 11.6. The number of benzene rings is 1. The smallest absolute Gasteiger partial charge is 0.255 e. The number of hydrogen-bond acceptors (Lipinski definition) is 3. The van der Waals surface area contributed by atoms with Crippen LogP contribution in [0.15, 0.2) is 24.3 Å². The number of ether oxygens (including phenoxy) is 1. The summed E-state index contributed by atoms with van der Waals surface area (Å²) in [5, 5.41) is 0. The molecule has 1 fully saturated rings. The van der Waals surface area contributed by atoms with Crippen LogP contribution in [-0.4, -0.2) is 18.6 Å². The molecule has 0 unspecified atom stereocenters. The Balaban J connectivity index is 0. The fraction of sp³-hybridized carbons (Fsp3) is 0.533. The van der Waals surface area contributed by atoms with Gasteiger partial charge >= 0.3 is 0 Å². The lowest BCUT2D eigenvalue weighted by Crippen LogP contribution is -2.22. The van der Waals surface area contributed by atoms with Crippen molar-refractivity contribution in [3.63, 3.8) is 0 Å². The molecule has 2 rings (SSSR count). The predicted octanol–water partition coefficient (Wildman–Crippen LogP) is 2.63. The van der Waals surface area contributed by atoms with E-state index in [-0.39, 0.29) is 9.46 Å². The second kappa shape index (κ2) is 8.53. The molecule has 0 aliphatic heterocycles. The van der Waals surface area contributed by atoms with E-state index < -0.39 is 5.91 Å². The van der Waals surface area contributed by atoms with Crippen LogP contribution in [-0.2, 0) is 4.79 Å². The maximum absolute atomic E-state index is 10.3. The highest BCUT2D eigenvalue weighted by molar-refractivity contribution is 5.75. The first-order valence-electron chi connectivity index (χ1n) is 6.81. The average Bonchev–Trinajstić information content (AvgIpc) is 2.40. The van der Waals surface area contributed by atoms with E-state index >= 15 is 0 Å². The summed E-state index contributed by atoms with van der Waals surface area (Å²) in [6.07, 6.45) is 6.66. The Bertz CT molecular complexity index is 380. The van der Waals surface area contributed by atoms with Gasteiger partial charge in [-0.05, 0) is 31.9 Å². The third kappa shape index (κ3) is 7.47. The van der Waals surface area contributed by atoms with Gasteiger partial charge < -0.3 is 16.2 Å². The first-order valence-corrected chi connectivity index (χ1v) is 6.81. The zero-order valence-electron chi connectivity index (χ0n) is 11.6. The van der Waals surface area contributed by atoms with E-state index in [0.717, 1.165) is 5.56 Å². The molecule has 4 N–H and O–H groups in total. The summed E-state index contributed by atoms with van der Waals surface area (Å²) in [7, 11) is 0. The van der Waals surface area contributed by atoms with Crippen molar-refractivity contribution in [2.45, 2.75) is 45.1 Å². The molecule has 0 atom stereocenters. The Morgan fingerprint density at radius 1 is 1.26 bits per heavy atom. The van der Waals surface area contributed by atoms with Crippen molar-refractivity contribution >= 4 is 5.91 Å². The molecular weight excluding hydrogens is 240 g/mol. The molecule has 19 heavy (non-hydrogen) atoms. The third-order valence-corrected chi connectivity index (χ3v) is 3.05. The maximum atomic E-state index is 10.3. The third-order valence-electron chi connectivity index (χ3n) is 3.05. The lowest BCUT2D eigenvalue weighted by Gasteiger charge is -2.15. The molecule has 4 nitrogen and oxygen atoms in total. The fourth-order valence-corrected chi connectivity index (χ4v) is 1.92. The van der Waals surface area contributed by atoms with E-state index in [1.54, 1.807) is 12.1 Å². The number of carbonyl (C=O) groups is 1. The average molecular weight is 268 g/mol. The lowest BCUT2D eigenvalue weighted by molar-refractivity contribution is -0.119. The molecule has 0 saturated heterocycles. The maximum Gasteiger partial charge on any atom is 0.255 e. The van der Waals surface area contributed by atoms with Gasteiger partial charge in [0.25, 0.3) is 5.91 Å². The Hall–Kier alpha value is -1.55. The zero-order chi connectivity index (χ0) is 14.1. The molecule has 1 aromatic rings. The first-order chi connectivity index (χ1) is 9.08. The van der Waals surface area contributed by atoms with Crippen LogP contribution < -0.4 is 16.2 Å². The SMILES string of the molecule is Cc1ccc(OCC(N)=O)cc1.NC1CCCCC1.[HH].[HH]. The van der Waals surface area contributed by atoms with Gasteiger partial charge in [-0.25, -0.2) is 0 Å². The lowest BCUT2D eigenvalue weighted by atomic mass is 9.97. The van der Waals surface area contributed by atoms with Crippen molar-refractivity contribution < 1.29 is 12.4 Å². The summed E-state index contributed by atoms with van der Waals surface area (Å²) in [5.74, 6) is 0.204. The van der Waals surface area contributed by atoms with Crippen LogP contribution in [0.4, 0.5) is 0 Å². The molecular formula is C15H28N2O2. The minimum atomic E-state index is -0.462. The van der Waals surface area contributed by atoms with Gasteiger partial charge in [-0.2, -0.15) is 0 Å². The number of nitrogens with two attached hydrogens (primary N) is 2. The van der Waals surface area contributed by atoms with Gasteiger partial charge in [0.15, 0.2) is 6.61 Å². The number of carbonyl (C=O) groups excluding carboxylic acids is 1. The summed E-state index contributed by atoms with van der Waals surface area (Å²) >= 11 is 0. The van der Waals surface area contributed by atoms with Gasteiger partial charge in [0, 0.05) is 8.90 Å². The molecule has 0 aromatic heterocycles. The minimum Gasteiger partial charge on any atom is -0.484 e. The van der Waals surface area contributed by atoms with Crippen LogP contribution in [0, 0.1) is 6.92 Å². The van der Waals surface area contributed by atoms with E-state index in [2.05, 4.69) is 0 Å². The summed E-state index contributed by atoms with van der Waals surface area (Å²) < 4.78 is 5.05. The highest BCUT2D eigenvalue weighted by Crippen LogP contribution is 2.14. The monoisotopic (exact) mass is 268 g/mol. The molecule has 0 heterocycles. The van der Waals surface area contributed by atoms with E-state index in [4.69, 9.17) is 16.2 Å². The first kappa shape index (κ1) is 15.5. The van der Waals surface area contributed by atoms with E-state index in [0.29, 0.717) is 11.8 Å². The van der Waals surface area contributed by atoms with Gasteiger partial charge in [-0.3, -0.25) is 4.79 Å². The van der Waals surface area contributed by atoms with Crippen LogP contribution in [0.5, 0.6) is 5.75 Å². The molecule has 1 amide bonds. The molecule has 110 valence electrons. The van der Waals surface area contributed by atoms with Gasteiger partial charge in [0.05, 0.1) is 0 Å². The van der Waals surface area contributed by atoms with E-state index in [9.17, 15) is 4.79 Å². The summed E-state index contributed by atoms with van der Waals surface area (Å²) in [6.45, 7) is 1.92. The highest BCUT2D eigenvalue weighted by Gasteiger charge is 2.06. The largest absolute Gasteiger partial charge is 0.484 e. The Morgan fingerprint density at radius 2 is 1.84 bits per heavy atom. The van der Waals surface area contributed by atoms with Gasteiger partial charge in [-0.15, -0.1) is 0 Å². The standard InChI is InChI=1S/C9H11NO2.C6H13N.2H2/c1-7-2-4-8(5-3-7)12-6-9(10)11;7-6-4-2-1-3-5-6;;/h2-5H,6H2,1H3,(H2,10,11);6H,1-5,7H2;2*1H. The normalized spacial score (nSPS) is 15.3. The summed E-state index contributed by atoms with van der Waals surface area (Å²) in [5.41, 5.74) is 11.7. The van der Waals surface area contributed by atoms with Crippen LogP contribution >= 0.6 is 0 Å². The summed E-state index contributed by atoms with van der Waals surface area (Å²) in [4.78, 5) is 10.3. The molecule has 1 saturated carbocycles. The molecule has 1 aromatic carbocycles. The molecule has 0 bridgehead atoms. The number of rotatable bonds is 3. The van der Waals surface area contributed by atoms with Crippen molar-refractivity contribution in [2.75, 3.05) is 6.61 Å². The second-order valence-corrected chi connectivity index (χ2v) is 4.97. The van der Waals surface area contributed by atoms with Crippen molar-refractivity contribution in [2.24, 2.45) is 11.5 Å². The fourth-order valence-electron chi connectivity index (χ4n) is 1.92. The topological polar surface area (TPSA) is 78.3 Å². The Labute approximate surface area is 118 Å². The number of amides is 1. The second-order valence-electron chi connectivity index (χ2n) is 4.97.